The molecule has 0 aromatic heterocycles. The van der Waals surface area contributed by atoms with Crippen molar-refractivity contribution in [3.63, 3.8) is 0 Å². The van der Waals surface area contributed by atoms with Gasteiger partial charge in [0.1, 0.15) is 23.0 Å². The average Bonchev–Trinajstić information content (AvgIpc) is 3.72. The van der Waals surface area contributed by atoms with Crippen LogP contribution in [0.25, 0.3) is 28.0 Å². The quantitative estimate of drug-likeness (QED) is 0.148. The number of thioether (sulfide) groups is 1. The van der Waals surface area contributed by atoms with E-state index in [1.54, 1.807) is 19.2 Å². The normalized spacial score (nSPS) is 21.1. The number of phenols is 1. The Morgan fingerprint density at radius 3 is 2.25 bits per heavy atom. The molecule has 3 atom stereocenters. The second-order valence-electron chi connectivity index (χ2n) is 15.2. The van der Waals surface area contributed by atoms with Crippen LogP contribution in [0.3, 0.4) is 0 Å². The van der Waals surface area contributed by atoms with Crippen LogP contribution in [0, 0.1) is 11.8 Å². The molecular weight excluding hydrogens is 661 g/mol. The molecule has 0 fully saturated rings. The molecule has 0 saturated heterocycles. The maximum atomic E-state index is 10.4. The first-order valence-corrected chi connectivity index (χ1v) is 20.1. The molecular formula is C47H50O4S. The van der Waals surface area contributed by atoms with E-state index >= 15 is 0 Å². The van der Waals surface area contributed by atoms with Crippen LogP contribution >= 0.6 is 11.8 Å². The van der Waals surface area contributed by atoms with E-state index in [9.17, 15) is 5.11 Å². The van der Waals surface area contributed by atoms with Gasteiger partial charge in [-0.15, -0.1) is 0 Å². The highest BCUT2D eigenvalue weighted by molar-refractivity contribution is 8.00. The lowest BCUT2D eigenvalue weighted by Crippen LogP contribution is -2.35. The monoisotopic (exact) mass is 710 g/mol. The van der Waals surface area contributed by atoms with Gasteiger partial charge in [-0.2, -0.15) is 0 Å². The molecule has 0 radical (unpaired) electrons. The lowest BCUT2D eigenvalue weighted by molar-refractivity contribution is 0.163. The van der Waals surface area contributed by atoms with Gasteiger partial charge in [0.2, 0.25) is 0 Å². The average molecular weight is 711 g/mol. The van der Waals surface area contributed by atoms with Gasteiger partial charge >= 0.3 is 0 Å². The summed E-state index contributed by atoms with van der Waals surface area (Å²) in [7, 11) is 1.69. The molecule has 5 aromatic rings. The maximum Gasteiger partial charge on any atom is 0.178 e. The van der Waals surface area contributed by atoms with Crippen LogP contribution in [0.1, 0.15) is 101 Å². The van der Waals surface area contributed by atoms with Crippen LogP contribution in [-0.4, -0.2) is 17.7 Å². The van der Waals surface area contributed by atoms with Crippen molar-refractivity contribution in [3.05, 3.63) is 119 Å². The standard InChI is InChI=1S/C47H50O4S/c1-7-24-46(25-22-30(8-2)9-3)39-13-11-10-12-35(39)42-37-27-40-41(52-45(50-40)29(4)5)28-38(37)44-36(43(42)46)23-26-47(51-44,31-14-18-33(48)19-15-31)32-16-20-34(49-6)21-17-32/h10-21,23,26-30,45,48H,7-9,22,24-25H2,1-6H3. The summed E-state index contributed by atoms with van der Waals surface area (Å²) in [6.45, 7) is 11.5. The molecule has 2 heterocycles. The number of methoxy groups -OCH3 is 1. The van der Waals surface area contributed by atoms with E-state index in [1.807, 2.05) is 36.0 Å². The predicted molar refractivity (Wildman–Crippen MR) is 215 cm³/mol. The third-order valence-electron chi connectivity index (χ3n) is 12.0. The van der Waals surface area contributed by atoms with E-state index in [-0.39, 0.29) is 16.6 Å². The van der Waals surface area contributed by atoms with Crippen molar-refractivity contribution in [2.75, 3.05) is 7.11 Å². The van der Waals surface area contributed by atoms with Gasteiger partial charge in [-0.1, -0.05) is 120 Å². The second-order valence-corrected chi connectivity index (χ2v) is 16.4. The zero-order chi connectivity index (χ0) is 36.2. The van der Waals surface area contributed by atoms with Gasteiger partial charge in [0.25, 0.3) is 0 Å². The molecule has 4 nitrogen and oxygen atoms in total. The van der Waals surface area contributed by atoms with E-state index in [4.69, 9.17) is 14.2 Å². The number of fused-ring (bicyclic) bond motifs is 9. The predicted octanol–water partition coefficient (Wildman–Crippen LogP) is 12.7. The first kappa shape index (κ1) is 34.7. The van der Waals surface area contributed by atoms with E-state index in [2.05, 4.69) is 95.3 Å². The van der Waals surface area contributed by atoms with Crippen LogP contribution in [0.2, 0.25) is 0 Å². The number of hydrogen-bond acceptors (Lipinski definition) is 5. The fourth-order valence-corrected chi connectivity index (χ4v) is 10.2. The van der Waals surface area contributed by atoms with Crippen molar-refractivity contribution in [2.45, 2.75) is 94.5 Å². The Labute approximate surface area is 313 Å². The van der Waals surface area contributed by atoms with Crippen molar-refractivity contribution in [1.29, 1.82) is 0 Å². The van der Waals surface area contributed by atoms with Crippen LogP contribution in [0.5, 0.6) is 23.0 Å². The van der Waals surface area contributed by atoms with Crippen molar-refractivity contribution in [3.8, 4) is 34.1 Å². The van der Waals surface area contributed by atoms with Gasteiger partial charge in [-0.05, 0) is 95.3 Å². The van der Waals surface area contributed by atoms with E-state index in [0.29, 0.717) is 11.8 Å². The molecule has 2 aliphatic heterocycles. The Kier molecular flexibility index (Phi) is 9.06. The van der Waals surface area contributed by atoms with Gasteiger partial charge in [0.05, 0.1) is 12.0 Å². The Bertz CT molecular complexity index is 2150. The summed E-state index contributed by atoms with van der Waals surface area (Å²) in [6, 6.07) is 29.5. The van der Waals surface area contributed by atoms with Crippen molar-refractivity contribution in [1.82, 2.24) is 0 Å². The summed E-state index contributed by atoms with van der Waals surface area (Å²) in [4.78, 5) is 1.16. The number of phenolic OH excluding ortho intramolecular Hbond substituents is 1. The molecule has 1 N–H and O–H groups in total. The first-order chi connectivity index (χ1) is 25.3. The van der Waals surface area contributed by atoms with Crippen LogP contribution in [-0.2, 0) is 11.0 Å². The third-order valence-corrected chi connectivity index (χ3v) is 13.4. The summed E-state index contributed by atoms with van der Waals surface area (Å²) in [5.41, 5.74) is 7.63. The van der Waals surface area contributed by atoms with Crippen molar-refractivity contribution in [2.24, 2.45) is 11.8 Å². The van der Waals surface area contributed by atoms with Gasteiger partial charge < -0.3 is 19.3 Å². The number of rotatable bonds is 11. The molecule has 0 spiro atoms. The largest absolute Gasteiger partial charge is 0.508 e. The minimum Gasteiger partial charge on any atom is -0.508 e. The SMILES string of the molecule is CCCC1(CCC(CC)CC)c2ccccc2-c2c1c1c(c3cc4c(cc23)OC(C(C)C)S4)OC(c2ccc(O)cc2)(c2ccc(OC)cc2)C=C1. The fraction of sp³-hybridized carbons (Fsp3) is 0.362. The van der Waals surface area contributed by atoms with Crippen LogP contribution in [0.4, 0.5) is 0 Å². The lowest BCUT2D eigenvalue weighted by atomic mass is 9.68. The molecule has 0 saturated carbocycles. The molecule has 0 bridgehead atoms. The van der Waals surface area contributed by atoms with Crippen molar-refractivity contribution < 1.29 is 19.3 Å². The summed E-state index contributed by atoms with van der Waals surface area (Å²) in [5, 5.41) is 12.7. The van der Waals surface area contributed by atoms with Crippen molar-refractivity contribution >= 4 is 28.6 Å². The summed E-state index contributed by atoms with van der Waals surface area (Å²) in [5.74, 6) is 3.95. The summed E-state index contributed by atoms with van der Waals surface area (Å²) in [6.07, 6.45) is 11.4. The summed E-state index contributed by atoms with van der Waals surface area (Å²) >= 11 is 1.81. The molecule has 3 unspecified atom stereocenters. The second kappa shape index (κ2) is 13.6. The molecule has 8 rings (SSSR count). The molecule has 5 aromatic carbocycles. The van der Waals surface area contributed by atoms with Crippen LogP contribution < -0.4 is 14.2 Å². The van der Waals surface area contributed by atoms with Gasteiger partial charge in [0.15, 0.2) is 11.0 Å². The molecule has 52 heavy (non-hydrogen) atoms. The summed E-state index contributed by atoms with van der Waals surface area (Å²) < 4.78 is 19.9. The number of ether oxygens (including phenoxy) is 3. The molecule has 1 aliphatic carbocycles. The Hall–Kier alpha value is -4.35. The highest BCUT2D eigenvalue weighted by Gasteiger charge is 2.48. The maximum absolute atomic E-state index is 10.4. The smallest absolute Gasteiger partial charge is 0.178 e. The molecule has 0 amide bonds. The Morgan fingerprint density at radius 2 is 1.58 bits per heavy atom. The van der Waals surface area contributed by atoms with E-state index < -0.39 is 5.60 Å². The highest BCUT2D eigenvalue weighted by Crippen LogP contribution is 2.62. The highest BCUT2D eigenvalue weighted by atomic mass is 32.2. The Balaban J connectivity index is 1.45. The minimum absolute atomic E-state index is 0.0679. The Morgan fingerprint density at radius 1 is 0.865 bits per heavy atom. The molecule has 268 valence electrons. The number of hydrogen-bond donors (Lipinski definition) is 1. The lowest BCUT2D eigenvalue weighted by Gasteiger charge is -2.40. The number of benzene rings is 5. The first-order valence-electron chi connectivity index (χ1n) is 19.2. The van der Waals surface area contributed by atoms with Gasteiger partial charge in [-0.25, -0.2) is 0 Å². The van der Waals surface area contributed by atoms with Crippen LogP contribution in [0.15, 0.2) is 95.9 Å². The fourth-order valence-electron chi connectivity index (χ4n) is 9.15. The molecule has 5 heteroatoms. The molecule has 3 aliphatic rings. The minimum atomic E-state index is -0.939. The topological polar surface area (TPSA) is 47.9 Å². The third kappa shape index (κ3) is 5.41. The number of aromatic hydroxyl groups is 1. The van der Waals surface area contributed by atoms with E-state index in [1.165, 1.54) is 52.5 Å². The zero-order valence-electron chi connectivity index (χ0n) is 31.3. The van der Waals surface area contributed by atoms with Gasteiger partial charge in [-0.3, -0.25) is 0 Å². The zero-order valence-corrected chi connectivity index (χ0v) is 32.1. The van der Waals surface area contributed by atoms with E-state index in [0.717, 1.165) is 57.9 Å². The van der Waals surface area contributed by atoms with Gasteiger partial charge in [0, 0.05) is 33.4 Å².